The summed E-state index contributed by atoms with van der Waals surface area (Å²) in [5.41, 5.74) is 3.90. The van der Waals surface area contributed by atoms with Gasteiger partial charge in [-0.3, -0.25) is 9.80 Å². The number of hydrazine groups is 1. The van der Waals surface area contributed by atoms with E-state index < -0.39 is 0 Å². The summed E-state index contributed by atoms with van der Waals surface area (Å²) in [5.74, 6) is 6.16. The van der Waals surface area contributed by atoms with Gasteiger partial charge >= 0.3 is 0 Å². The van der Waals surface area contributed by atoms with E-state index in [1.807, 2.05) is 12.3 Å². The molecule has 1 aromatic rings. The monoisotopic (exact) mass is 261 g/mol. The molecule has 0 amide bonds. The molecule has 0 spiro atoms. The molecule has 0 saturated carbocycles. The zero-order valence-electron chi connectivity index (χ0n) is 11.4. The van der Waals surface area contributed by atoms with Crippen LogP contribution in [0.2, 0.25) is 0 Å². The quantitative estimate of drug-likeness (QED) is 0.629. The third-order valence-corrected chi connectivity index (χ3v) is 4.27. The number of pyridine rings is 1. The molecule has 0 aliphatic carbocycles. The van der Waals surface area contributed by atoms with E-state index >= 15 is 0 Å². The van der Waals surface area contributed by atoms with Gasteiger partial charge in [0.1, 0.15) is 5.82 Å². The maximum atomic E-state index is 5.41. The number of anilines is 1. The van der Waals surface area contributed by atoms with Crippen molar-refractivity contribution >= 4 is 5.82 Å². The summed E-state index contributed by atoms with van der Waals surface area (Å²) in [6.07, 6.45) is 5.84. The second-order valence-electron chi connectivity index (χ2n) is 5.61. The topological polar surface area (TPSA) is 57.4 Å². The molecule has 19 heavy (non-hydrogen) atoms. The standard InChI is InChI=1S/C14H23N5/c15-17-14-9-12(4-5-16-14)10-18-6-2-8-19-7-1-3-13(19)11-18/h4-5,9,13H,1-3,6-8,10-11,15H2,(H,16,17). The Kier molecular flexibility index (Phi) is 3.96. The lowest BCUT2D eigenvalue weighted by Gasteiger charge is -2.25. The molecule has 1 aromatic heterocycles. The minimum atomic E-state index is 0.745. The van der Waals surface area contributed by atoms with Gasteiger partial charge in [0.2, 0.25) is 0 Å². The largest absolute Gasteiger partial charge is 0.308 e. The lowest BCUT2D eigenvalue weighted by molar-refractivity contribution is 0.215. The Morgan fingerprint density at radius 3 is 3.11 bits per heavy atom. The highest BCUT2D eigenvalue weighted by molar-refractivity contribution is 5.35. The van der Waals surface area contributed by atoms with Gasteiger partial charge in [-0.2, -0.15) is 0 Å². The summed E-state index contributed by atoms with van der Waals surface area (Å²) in [5, 5.41) is 0. The highest BCUT2D eigenvalue weighted by Gasteiger charge is 2.28. The Morgan fingerprint density at radius 1 is 1.32 bits per heavy atom. The second-order valence-corrected chi connectivity index (χ2v) is 5.61. The summed E-state index contributed by atoms with van der Waals surface area (Å²) in [6.45, 7) is 5.97. The van der Waals surface area contributed by atoms with Crippen molar-refractivity contribution in [1.82, 2.24) is 14.8 Å². The van der Waals surface area contributed by atoms with Gasteiger partial charge in [-0.05, 0) is 56.6 Å². The molecular formula is C14H23N5. The fourth-order valence-electron chi connectivity index (χ4n) is 3.34. The molecule has 5 nitrogen and oxygen atoms in total. The number of nitrogen functional groups attached to an aromatic ring is 1. The summed E-state index contributed by atoms with van der Waals surface area (Å²) in [7, 11) is 0. The molecule has 2 fully saturated rings. The molecule has 2 saturated heterocycles. The average molecular weight is 261 g/mol. The van der Waals surface area contributed by atoms with Crippen molar-refractivity contribution in [3.63, 3.8) is 0 Å². The Morgan fingerprint density at radius 2 is 2.21 bits per heavy atom. The lowest BCUT2D eigenvalue weighted by Crippen LogP contribution is -2.36. The molecule has 0 radical (unpaired) electrons. The van der Waals surface area contributed by atoms with Crippen molar-refractivity contribution < 1.29 is 0 Å². The molecule has 2 aliphatic heterocycles. The van der Waals surface area contributed by atoms with Crippen molar-refractivity contribution in [2.24, 2.45) is 5.84 Å². The highest BCUT2D eigenvalue weighted by atomic mass is 15.3. The van der Waals surface area contributed by atoms with Gasteiger partial charge in [0.25, 0.3) is 0 Å². The lowest BCUT2D eigenvalue weighted by atomic mass is 10.2. The maximum Gasteiger partial charge on any atom is 0.140 e. The van der Waals surface area contributed by atoms with Crippen molar-refractivity contribution in [3.05, 3.63) is 23.9 Å². The first-order chi connectivity index (χ1) is 9.35. The summed E-state index contributed by atoms with van der Waals surface area (Å²) in [6, 6.07) is 4.89. The number of rotatable bonds is 3. The minimum Gasteiger partial charge on any atom is -0.308 e. The average Bonchev–Trinajstić information content (AvgIpc) is 2.78. The zero-order valence-corrected chi connectivity index (χ0v) is 11.4. The first-order valence-corrected chi connectivity index (χ1v) is 7.23. The van der Waals surface area contributed by atoms with Crippen LogP contribution >= 0.6 is 0 Å². The van der Waals surface area contributed by atoms with Crippen LogP contribution in [0.4, 0.5) is 5.82 Å². The van der Waals surface area contributed by atoms with Crippen LogP contribution in [0.3, 0.4) is 0 Å². The molecule has 5 heteroatoms. The third kappa shape index (κ3) is 3.05. The summed E-state index contributed by atoms with van der Waals surface area (Å²) < 4.78 is 0. The fourth-order valence-corrected chi connectivity index (χ4v) is 3.34. The van der Waals surface area contributed by atoms with E-state index in [2.05, 4.69) is 26.3 Å². The Bertz CT molecular complexity index is 422. The molecule has 104 valence electrons. The van der Waals surface area contributed by atoms with Gasteiger partial charge in [-0.15, -0.1) is 0 Å². The highest BCUT2D eigenvalue weighted by Crippen LogP contribution is 2.22. The number of nitrogens with two attached hydrogens (primary N) is 1. The molecule has 3 N–H and O–H groups in total. The van der Waals surface area contributed by atoms with E-state index in [0.717, 1.165) is 18.4 Å². The van der Waals surface area contributed by atoms with Crippen LogP contribution in [0, 0.1) is 0 Å². The predicted molar refractivity (Wildman–Crippen MR) is 76.5 cm³/mol. The van der Waals surface area contributed by atoms with E-state index in [-0.39, 0.29) is 0 Å². The number of hydrogen-bond acceptors (Lipinski definition) is 5. The van der Waals surface area contributed by atoms with Crippen LogP contribution in [0.1, 0.15) is 24.8 Å². The molecule has 3 heterocycles. The number of aromatic nitrogens is 1. The van der Waals surface area contributed by atoms with Crippen LogP contribution in [-0.4, -0.2) is 47.0 Å². The molecule has 1 atom stereocenters. The van der Waals surface area contributed by atoms with Crippen LogP contribution in [0.25, 0.3) is 0 Å². The molecule has 0 bridgehead atoms. The van der Waals surface area contributed by atoms with Gasteiger partial charge in [0.15, 0.2) is 0 Å². The normalized spacial score (nSPS) is 25.0. The van der Waals surface area contributed by atoms with Crippen LogP contribution < -0.4 is 11.3 Å². The smallest absolute Gasteiger partial charge is 0.140 e. The first-order valence-electron chi connectivity index (χ1n) is 7.23. The van der Waals surface area contributed by atoms with Crippen LogP contribution in [-0.2, 0) is 6.54 Å². The van der Waals surface area contributed by atoms with Crippen molar-refractivity contribution in [3.8, 4) is 0 Å². The molecule has 0 aromatic carbocycles. The Hall–Kier alpha value is -1.17. The van der Waals surface area contributed by atoms with Gasteiger partial charge in [-0.25, -0.2) is 10.8 Å². The van der Waals surface area contributed by atoms with Crippen molar-refractivity contribution in [1.29, 1.82) is 0 Å². The SMILES string of the molecule is NNc1cc(CN2CCCN3CCCC3C2)ccn1. The minimum absolute atomic E-state index is 0.745. The van der Waals surface area contributed by atoms with E-state index in [4.69, 9.17) is 5.84 Å². The van der Waals surface area contributed by atoms with E-state index in [1.165, 1.54) is 51.0 Å². The van der Waals surface area contributed by atoms with E-state index in [0.29, 0.717) is 0 Å². The molecular weight excluding hydrogens is 238 g/mol. The van der Waals surface area contributed by atoms with Crippen LogP contribution in [0.15, 0.2) is 18.3 Å². The summed E-state index contributed by atoms with van der Waals surface area (Å²) in [4.78, 5) is 9.40. The second kappa shape index (κ2) is 5.86. The third-order valence-electron chi connectivity index (χ3n) is 4.27. The van der Waals surface area contributed by atoms with Gasteiger partial charge in [0, 0.05) is 25.3 Å². The number of fused-ring (bicyclic) bond motifs is 1. The fraction of sp³-hybridized carbons (Fsp3) is 0.643. The van der Waals surface area contributed by atoms with Gasteiger partial charge in [-0.1, -0.05) is 0 Å². The van der Waals surface area contributed by atoms with Gasteiger partial charge in [0.05, 0.1) is 0 Å². The van der Waals surface area contributed by atoms with Crippen molar-refractivity contribution in [2.45, 2.75) is 31.8 Å². The van der Waals surface area contributed by atoms with Crippen molar-refractivity contribution in [2.75, 3.05) is 31.6 Å². The number of nitrogens with zero attached hydrogens (tertiary/aromatic N) is 3. The predicted octanol–water partition coefficient (Wildman–Crippen LogP) is 1.04. The van der Waals surface area contributed by atoms with Gasteiger partial charge < -0.3 is 5.43 Å². The molecule has 1 unspecified atom stereocenters. The summed E-state index contributed by atoms with van der Waals surface area (Å²) >= 11 is 0. The zero-order chi connectivity index (χ0) is 13.1. The number of nitrogens with one attached hydrogen (secondary N) is 1. The first kappa shape index (κ1) is 12.8. The maximum absolute atomic E-state index is 5.41. The molecule has 3 rings (SSSR count). The van der Waals surface area contributed by atoms with E-state index in [1.54, 1.807) is 0 Å². The van der Waals surface area contributed by atoms with E-state index in [9.17, 15) is 0 Å². The molecule has 2 aliphatic rings. The number of hydrogen-bond donors (Lipinski definition) is 2. The van der Waals surface area contributed by atoms with Crippen LogP contribution in [0.5, 0.6) is 0 Å². The Balaban J connectivity index is 1.65. The Labute approximate surface area is 114 Å².